The van der Waals surface area contributed by atoms with Crippen LogP contribution in [0, 0.1) is 0 Å². The van der Waals surface area contributed by atoms with Crippen LogP contribution in [-0.2, 0) is 14.8 Å². The van der Waals surface area contributed by atoms with Gasteiger partial charge in [0.2, 0.25) is 15.8 Å². The summed E-state index contributed by atoms with van der Waals surface area (Å²) in [5.41, 5.74) is 0.0358. The Morgan fingerprint density at radius 2 is 1.81 bits per heavy atom. The second-order valence-electron chi connectivity index (χ2n) is 5.03. The number of methoxy groups -OCH3 is 1. The molecular weight excluding hydrogens is 405 g/mol. The highest BCUT2D eigenvalue weighted by atomic mass is 35.5. The number of rotatable bonds is 6. The molecule has 0 aliphatic heterocycles. The average Bonchev–Trinajstić information content (AvgIpc) is 2.58. The minimum absolute atomic E-state index is 0.0203. The molecular formula is C16H13Cl2NO6S. The van der Waals surface area contributed by atoms with Gasteiger partial charge in [-0.05, 0) is 36.4 Å². The van der Waals surface area contributed by atoms with Crippen molar-refractivity contribution in [1.82, 2.24) is 0 Å². The third kappa shape index (κ3) is 4.73. The van der Waals surface area contributed by atoms with Gasteiger partial charge in [0.05, 0.1) is 17.7 Å². The zero-order chi connectivity index (χ0) is 19.5. The highest BCUT2D eigenvalue weighted by Crippen LogP contribution is 2.24. The van der Waals surface area contributed by atoms with Crippen LogP contribution in [0.3, 0.4) is 0 Å². The molecule has 10 heteroatoms. The molecule has 2 aromatic rings. The Morgan fingerprint density at radius 1 is 1.12 bits per heavy atom. The third-order valence-electron chi connectivity index (χ3n) is 3.27. The third-order valence-corrected chi connectivity index (χ3v) is 4.75. The number of primary sulfonamides is 1. The summed E-state index contributed by atoms with van der Waals surface area (Å²) in [5, 5.41) is 5.57. The van der Waals surface area contributed by atoms with Gasteiger partial charge >= 0.3 is 5.97 Å². The predicted octanol–water partition coefficient (Wildman–Crippen LogP) is 2.69. The molecule has 138 valence electrons. The Bertz CT molecular complexity index is 975. The fourth-order valence-corrected chi connectivity index (χ4v) is 3.27. The molecule has 2 rings (SSSR count). The molecule has 0 saturated carbocycles. The summed E-state index contributed by atoms with van der Waals surface area (Å²) < 4.78 is 32.9. The van der Waals surface area contributed by atoms with Crippen LogP contribution in [0.1, 0.15) is 20.7 Å². The number of halogens is 2. The molecule has 0 heterocycles. The number of carbonyl (C=O) groups excluding carboxylic acids is 2. The van der Waals surface area contributed by atoms with Crippen molar-refractivity contribution < 1.29 is 27.5 Å². The largest absolute Gasteiger partial charge is 0.495 e. The molecule has 0 spiro atoms. The summed E-state index contributed by atoms with van der Waals surface area (Å²) in [6.07, 6.45) is 0. The van der Waals surface area contributed by atoms with Crippen LogP contribution in [-0.4, -0.2) is 33.9 Å². The lowest BCUT2D eigenvalue weighted by atomic mass is 10.1. The molecule has 0 bridgehead atoms. The topological polar surface area (TPSA) is 113 Å². The summed E-state index contributed by atoms with van der Waals surface area (Å²) in [7, 11) is -2.85. The molecule has 2 aromatic carbocycles. The van der Waals surface area contributed by atoms with E-state index in [0.29, 0.717) is 5.02 Å². The molecule has 0 fully saturated rings. The molecule has 26 heavy (non-hydrogen) atoms. The smallest absolute Gasteiger partial charge is 0.338 e. The van der Waals surface area contributed by atoms with E-state index in [1.807, 2.05) is 0 Å². The maximum atomic E-state index is 12.1. The standard InChI is InChI=1S/C16H13Cl2NO6S/c1-24-14-5-2-9(6-15(14)26(19,22)23)16(21)25-8-13(20)11-4-3-10(17)7-12(11)18/h2-7H,8H2,1H3,(H2,19,22,23). The Labute approximate surface area is 159 Å². The summed E-state index contributed by atoms with van der Waals surface area (Å²) in [4.78, 5) is 23.8. The molecule has 0 radical (unpaired) electrons. The summed E-state index contributed by atoms with van der Waals surface area (Å²) in [5.74, 6) is -1.47. The van der Waals surface area contributed by atoms with Crippen molar-refractivity contribution in [3.05, 3.63) is 57.6 Å². The fourth-order valence-electron chi connectivity index (χ4n) is 2.03. The van der Waals surface area contributed by atoms with Crippen molar-refractivity contribution >= 4 is 45.0 Å². The summed E-state index contributed by atoms with van der Waals surface area (Å²) in [6, 6.07) is 7.83. The van der Waals surface area contributed by atoms with Crippen LogP contribution in [0.2, 0.25) is 10.0 Å². The maximum Gasteiger partial charge on any atom is 0.338 e. The number of ether oxygens (including phenoxy) is 2. The zero-order valence-electron chi connectivity index (χ0n) is 13.4. The fraction of sp³-hybridized carbons (Fsp3) is 0.125. The van der Waals surface area contributed by atoms with Gasteiger partial charge < -0.3 is 9.47 Å². The monoisotopic (exact) mass is 417 g/mol. The number of hydrogen-bond acceptors (Lipinski definition) is 6. The van der Waals surface area contributed by atoms with E-state index in [1.165, 1.54) is 37.4 Å². The second-order valence-corrected chi connectivity index (χ2v) is 7.41. The first kappa shape index (κ1) is 20.2. The van der Waals surface area contributed by atoms with E-state index in [9.17, 15) is 18.0 Å². The van der Waals surface area contributed by atoms with Crippen molar-refractivity contribution in [3.8, 4) is 5.75 Å². The number of Topliss-reactive ketones (excluding diaryl/α,β-unsaturated/α-hetero) is 1. The van der Waals surface area contributed by atoms with E-state index in [2.05, 4.69) is 0 Å². The second kappa shape index (κ2) is 8.05. The molecule has 0 atom stereocenters. The highest BCUT2D eigenvalue weighted by molar-refractivity contribution is 7.89. The van der Waals surface area contributed by atoms with Gasteiger partial charge in [0, 0.05) is 10.6 Å². The number of benzene rings is 2. The van der Waals surface area contributed by atoms with Gasteiger partial charge in [-0.1, -0.05) is 23.2 Å². The van der Waals surface area contributed by atoms with Crippen molar-refractivity contribution in [2.45, 2.75) is 4.90 Å². The molecule has 0 saturated heterocycles. The Balaban J connectivity index is 2.16. The van der Waals surface area contributed by atoms with Crippen molar-refractivity contribution in [2.75, 3.05) is 13.7 Å². The SMILES string of the molecule is COc1ccc(C(=O)OCC(=O)c2ccc(Cl)cc2Cl)cc1S(N)(=O)=O. The quantitative estimate of drug-likeness (QED) is 0.570. The molecule has 0 aliphatic carbocycles. The zero-order valence-corrected chi connectivity index (χ0v) is 15.7. The van der Waals surface area contributed by atoms with Gasteiger partial charge in [0.15, 0.2) is 6.61 Å². The first-order valence-corrected chi connectivity index (χ1v) is 9.30. The van der Waals surface area contributed by atoms with Crippen LogP contribution in [0.15, 0.2) is 41.3 Å². The van der Waals surface area contributed by atoms with Gasteiger partial charge in [-0.25, -0.2) is 18.4 Å². The summed E-state index contributed by atoms with van der Waals surface area (Å²) in [6.45, 7) is -0.586. The van der Waals surface area contributed by atoms with E-state index in [4.69, 9.17) is 37.8 Å². The normalized spacial score (nSPS) is 11.1. The minimum atomic E-state index is -4.12. The van der Waals surface area contributed by atoms with Gasteiger partial charge in [-0.3, -0.25) is 4.79 Å². The molecule has 0 unspecified atom stereocenters. The Hall–Kier alpha value is -2.13. The van der Waals surface area contributed by atoms with Gasteiger partial charge in [-0.15, -0.1) is 0 Å². The number of hydrogen-bond donors (Lipinski definition) is 1. The van der Waals surface area contributed by atoms with Crippen molar-refractivity contribution in [1.29, 1.82) is 0 Å². The maximum absolute atomic E-state index is 12.1. The van der Waals surface area contributed by atoms with Crippen molar-refractivity contribution in [3.63, 3.8) is 0 Å². The average molecular weight is 418 g/mol. The van der Waals surface area contributed by atoms with Gasteiger partial charge in [-0.2, -0.15) is 0 Å². The minimum Gasteiger partial charge on any atom is -0.495 e. The Kier molecular flexibility index (Phi) is 6.25. The number of sulfonamides is 1. The van der Waals surface area contributed by atoms with E-state index in [-0.39, 0.29) is 26.8 Å². The van der Waals surface area contributed by atoms with Crippen LogP contribution >= 0.6 is 23.2 Å². The molecule has 0 aliphatic rings. The van der Waals surface area contributed by atoms with E-state index in [1.54, 1.807) is 0 Å². The lowest BCUT2D eigenvalue weighted by Gasteiger charge is -2.09. The van der Waals surface area contributed by atoms with Gasteiger partial charge in [0.1, 0.15) is 10.6 Å². The highest BCUT2D eigenvalue weighted by Gasteiger charge is 2.20. The molecule has 0 aromatic heterocycles. The van der Waals surface area contributed by atoms with Crippen LogP contribution < -0.4 is 9.88 Å². The van der Waals surface area contributed by atoms with E-state index >= 15 is 0 Å². The number of nitrogens with two attached hydrogens (primary N) is 1. The Morgan fingerprint density at radius 3 is 2.38 bits per heavy atom. The molecule has 2 N–H and O–H groups in total. The number of ketones is 1. The van der Waals surface area contributed by atoms with Crippen LogP contribution in [0.4, 0.5) is 0 Å². The van der Waals surface area contributed by atoms with Crippen molar-refractivity contribution in [2.24, 2.45) is 5.14 Å². The first-order valence-electron chi connectivity index (χ1n) is 6.99. The predicted molar refractivity (Wildman–Crippen MR) is 95.4 cm³/mol. The lowest BCUT2D eigenvalue weighted by Crippen LogP contribution is -2.17. The number of esters is 1. The van der Waals surface area contributed by atoms with Gasteiger partial charge in [0.25, 0.3) is 0 Å². The van der Waals surface area contributed by atoms with Crippen LogP contribution in [0.25, 0.3) is 0 Å². The first-order chi connectivity index (χ1) is 12.1. The van der Waals surface area contributed by atoms with Crippen LogP contribution in [0.5, 0.6) is 5.75 Å². The lowest BCUT2D eigenvalue weighted by molar-refractivity contribution is 0.0474. The summed E-state index contributed by atoms with van der Waals surface area (Å²) >= 11 is 11.7. The number of carbonyl (C=O) groups is 2. The molecule has 0 amide bonds. The molecule has 7 nitrogen and oxygen atoms in total. The van der Waals surface area contributed by atoms with E-state index < -0.39 is 28.4 Å². The van der Waals surface area contributed by atoms with E-state index in [0.717, 1.165) is 6.07 Å².